The van der Waals surface area contributed by atoms with Crippen LogP contribution in [0.4, 0.5) is 5.69 Å². The number of anilines is 1. The van der Waals surface area contributed by atoms with Crippen molar-refractivity contribution in [3.63, 3.8) is 0 Å². The molecule has 108 valence electrons. The minimum Gasteiger partial charge on any atom is -0.497 e. The standard InChI is InChI=1S/C17H18N2O2/c1-21-15-7-4-6-13(11-15)17(20)19-10-9-18-16-8-3-2-5-14(16)12-19/h2-8,11,18H,9-10,12H2,1H3. The molecule has 21 heavy (non-hydrogen) atoms. The molecule has 4 heteroatoms. The van der Waals surface area contributed by atoms with Gasteiger partial charge < -0.3 is 15.0 Å². The molecule has 0 atom stereocenters. The number of ether oxygens (including phenoxy) is 1. The number of rotatable bonds is 2. The van der Waals surface area contributed by atoms with E-state index in [0.29, 0.717) is 24.4 Å². The van der Waals surface area contributed by atoms with Gasteiger partial charge in [-0.15, -0.1) is 0 Å². The zero-order valence-corrected chi connectivity index (χ0v) is 12.0. The van der Waals surface area contributed by atoms with Gasteiger partial charge in [-0.2, -0.15) is 0 Å². The Morgan fingerprint density at radius 3 is 2.90 bits per heavy atom. The average molecular weight is 282 g/mol. The summed E-state index contributed by atoms with van der Waals surface area (Å²) in [5, 5.41) is 3.37. The van der Waals surface area contributed by atoms with Crippen LogP contribution in [0.3, 0.4) is 0 Å². The van der Waals surface area contributed by atoms with Gasteiger partial charge >= 0.3 is 0 Å². The summed E-state index contributed by atoms with van der Waals surface area (Å²) < 4.78 is 5.19. The number of carbonyl (C=O) groups is 1. The minimum atomic E-state index is 0.0346. The molecule has 0 aromatic heterocycles. The van der Waals surface area contributed by atoms with Gasteiger partial charge in [-0.1, -0.05) is 24.3 Å². The first-order valence-corrected chi connectivity index (χ1v) is 7.03. The molecule has 1 N–H and O–H groups in total. The Kier molecular flexibility index (Phi) is 3.77. The van der Waals surface area contributed by atoms with Crippen molar-refractivity contribution in [2.75, 3.05) is 25.5 Å². The first-order chi connectivity index (χ1) is 10.3. The molecule has 0 bridgehead atoms. The van der Waals surface area contributed by atoms with Crippen molar-refractivity contribution in [2.24, 2.45) is 0 Å². The second-order valence-corrected chi connectivity index (χ2v) is 5.04. The van der Waals surface area contributed by atoms with Crippen LogP contribution in [0.25, 0.3) is 0 Å². The predicted octanol–water partition coefficient (Wildman–Crippen LogP) is 2.76. The fourth-order valence-corrected chi connectivity index (χ4v) is 2.55. The predicted molar refractivity (Wildman–Crippen MR) is 82.7 cm³/mol. The topological polar surface area (TPSA) is 41.6 Å². The van der Waals surface area contributed by atoms with Crippen molar-refractivity contribution >= 4 is 11.6 Å². The number of para-hydroxylation sites is 1. The number of methoxy groups -OCH3 is 1. The Bertz CT molecular complexity index is 655. The molecule has 0 saturated heterocycles. The van der Waals surface area contributed by atoms with Gasteiger partial charge in [0.25, 0.3) is 5.91 Å². The molecule has 4 nitrogen and oxygen atoms in total. The maximum absolute atomic E-state index is 12.7. The van der Waals surface area contributed by atoms with Crippen LogP contribution in [0.5, 0.6) is 5.75 Å². The third-order valence-electron chi connectivity index (χ3n) is 3.68. The highest BCUT2D eigenvalue weighted by Gasteiger charge is 2.20. The van der Waals surface area contributed by atoms with Crippen LogP contribution in [-0.4, -0.2) is 31.0 Å². The Morgan fingerprint density at radius 1 is 1.19 bits per heavy atom. The molecule has 0 fully saturated rings. The molecule has 0 radical (unpaired) electrons. The number of carbonyl (C=O) groups excluding carboxylic acids is 1. The fraction of sp³-hybridized carbons (Fsp3) is 0.235. The van der Waals surface area contributed by atoms with Gasteiger partial charge in [0.1, 0.15) is 5.75 Å². The van der Waals surface area contributed by atoms with Crippen LogP contribution in [0, 0.1) is 0 Å². The zero-order chi connectivity index (χ0) is 14.7. The SMILES string of the molecule is COc1cccc(C(=O)N2CCNc3ccccc3C2)c1. The summed E-state index contributed by atoms with van der Waals surface area (Å²) in [5.74, 6) is 0.738. The van der Waals surface area contributed by atoms with Crippen molar-refractivity contribution in [3.8, 4) is 5.75 Å². The molecule has 0 unspecified atom stereocenters. The molecular weight excluding hydrogens is 264 g/mol. The number of nitrogens with zero attached hydrogens (tertiary/aromatic N) is 1. The first kappa shape index (κ1) is 13.5. The van der Waals surface area contributed by atoms with E-state index in [1.54, 1.807) is 13.2 Å². The number of benzene rings is 2. The monoisotopic (exact) mass is 282 g/mol. The zero-order valence-electron chi connectivity index (χ0n) is 12.0. The quantitative estimate of drug-likeness (QED) is 0.921. The van der Waals surface area contributed by atoms with Crippen molar-refractivity contribution in [1.29, 1.82) is 0 Å². The van der Waals surface area contributed by atoms with E-state index >= 15 is 0 Å². The van der Waals surface area contributed by atoms with Crippen LogP contribution >= 0.6 is 0 Å². The van der Waals surface area contributed by atoms with Crippen LogP contribution in [0.2, 0.25) is 0 Å². The smallest absolute Gasteiger partial charge is 0.254 e. The Morgan fingerprint density at radius 2 is 2.05 bits per heavy atom. The molecule has 0 saturated carbocycles. The number of hydrogen-bond acceptors (Lipinski definition) is 3. The Labute approximate surface area is 124 Å². The molecule has 1 aliphatic rings. The van der Waals surface area contributed by atoms with Gasteiger partial charge in [-0.05, 0) is 29.8 Å². The van der Waals surface area contributed by atoms with Crippen LogP contribution in [0.15, 0.2) is 48.5 Å². The van der Waals surface area contributed by atoms with E-state index in [-0.39, 0.29) is 5.91 Å². The van der Waals surface area contributed by atoms with E-state index < -0.39 is 0 Å². The van der Waals surface area contributed by atoms with Gasteiger partial charge in [0, 0.05) is 30.9 Å². The molecule has 1 amide bonds. The molecule has 1 heterocycles. The second kappa shape index (κ2) is 5.87. The number of nitrogens with one attached hydrogen (secondary N) is 1. The summed E-state index contributed by atoms with van der Waals surface area (Å²) in [6.07, 6.45) is 0. The lowest BCUT2D eigenvalue weighted by Gasteiger charge is -2.20. The highest BCUT2D eigenvalue weighted by Crippen LogP contribution is 2.22. The summed E-state index contributed by atoms with van der Waals surface area (Å²) in [6.45, 7) is 2.07. The maximum Gasteiger partial charge on any atom is 0.254 e. The molecule has 2 aromatic rings. The van der Waals surface area contributed by atoms with E-state index in [1.807, 2.05) is 35.2 Å². The van der Waals surface area contributed by atoms with Gasteiger partial charge in [-0.3, -0.25) is 4.79 Å². The minimum absolute atomic E-state index is 0.0346. The largest absolute Gasteiger partial charge is 0.497 e. The van der Waals surface area contributed by atoms with Gasteiger partial charge in [0.2, 0.25) is 0 Å². The average Bonchev–Trinajstić information content (AvgIpc) is 2.76. The number of hydrogen-bond donors (Lipinski definition) is 1. The first-order valence-electron chi connectivity index (χ1n) is 7.03. The van der Waals surface area contributed by atoms with Crippen molar-refractivity contribution in [3.05, 3.63) is 59.7 Å². The fourth-order valence-electron chi connectivity index (χ4n) is 2.55. The second-order valence-electron chi connectivity index (χ2n) is 5.04. The molecule has 0 aliphatic carbocycles. The van der Waals surface area contributed by atoms with Gasteiger partial charge in [0.05, 0.1) is 7.11 Å². The van der Waals surface area contributed by atoms with E-state index in [4.69, 9.17) is 4.74 Å². The van der Waals surface area contributed by atoms with Crippen LogP contribution < -0.4 is 10.1 Å². The van der Waals surface area contributed by atoms with Gasteiger partial charge in [-0.25, -0.2) is 0 Å². The summed E-state index contributed by atoms with van der Waals surface area (Å²) in [7, 11) is 1.61. The lowest BCUT2D eigenvalue weighted by molar-refractivity contribution is 0.0752. The van der Waals surface area contributed by atoms with Crippen molar-refractivity contribution in [1.82, 2.24) is 4.90 Å². The van der Waals surface area contributed by atoms with E-state index in [9.17, 15) is 4.79 Å². The van der Waals surface area contributed by atoms with Crippen molar-refractivity contribution < 1.29 is 9.53 Å². The van der Waals surface area contributed by atoms with E-state index in [2.05, 4.69) is 17.4 Å². The lowest BCUT2D eigenvalue weighted by Crippen LogP contribution is -2.32. The number of fused-ring (bicyclic) bond motifs is 1. The third kappa shape index (κ3) is 2.84. The lowest BCUT2D eigenvalue weighted by atomic mass is 10.1. The normalized spacial score (nSPS) is 13.9. The molecule has 1 aliphatic heterocycles. The molecule has 3 rings (SSSR count). The highest BCUT2D eigenvalue weighted by atomic mass is 16.5. The van der Waals surface area contributed by atoms with Crippen molar-refractivity contribution in [2.45, 2.75) is 6.54 Å². The Balaban J connectivity index is 1.84. The van der Waals surface area contributed by atoms with E-state index in [0.717, 1.165) is 17.8 Å². The van der Waals surface area contributed by atoms with Crippen LogP contribution in [0.1, 0.15) is 15.9 Å². The number of amides is 1. The summed E-state index contributed by atoms with van der Waals surface area (Å²) >= 11 is 0. The van der Waals surface area contributed by atoms with Crippen LogP contribution in [-0.2, 0) is 6.54 Å². The summed E-state index contributed by atoms with van der Waals surface area (Å²) in [5.41, 5.74) is 2.92. The third-order valence-corrected chi connectivity index (χ3v) is 3.68. The highest BCUT2D eigenvalue weighted by molar-refractivity contribution is 5.94. The maximum atomic E-state index is 12.7. The molecular formula is C17H18N2O2. The molecule has 0 spiro atoms. The summed E-state index contributed by atoms with van der Waals surface area (Å²) in [4.78, 5) is 14.5. The molecule has 2 aromatic carbocycles. The van der Waals surface area contributed by atoms with E-state index in [1.165, 1.54) is 0 Å². The van der Waals surface area contributed by atoms with Gasteiger partial charge in [0.15, 0.2) is 0 Å². The Hall–Kier alpha value is -2.49. The summed E-state index contributed by atoms with van der Waals surface area (Å²) in [6, 6.07) is 15.4.